The number of aliphatic hydroxyl groups is 2. The second-order valence-electron chi connectivity index (χ2n) is 5.35. The first-order valence-corrected chi connectivity index (χ1v) is 7.14. The molecule has 3 aromatic heterocycles. The predicted molar refractivity (Wildman–Crippen MR) is 87.4 cm³/mol. The number of pyridine rings is 2. The van der Waals surface area contributed by atoms with E-state index < -0.39 is 6.10 Å². The van der Waals surface area contributed by atoms with Gasteiger partial charge in [0.05, 0.1) is 24.9 Å². The summed E-state index contributed by atoms with van der Waals surface area (Å²) in [5.41, 5.74) is 14.2. The van der Waals surface area contributed by atoms with E-state index in [1.807, 2.05) is 19.1 Å². The molecule has 0 aliphatic carbocycles. The number of aromatic nitrogens is 4. The smallest absolute Gasteiger partial charge is 0.160 e. The molecule has 3 rings (SSSR count). The zero-order valence-corrected chi connectivity index (χ0v) is 12.6. The Morgan fingerprint density at radius 1 is 1.13 bits per heavy atom. The van der Waals surface area contributed by atoms with Crippen LogP contribution in [0.3, 0.4) is 0 Å². The average Bonchev–Trinajstić information content (AvgIpc) is 2.81. The Balaban J connectivity index is 2.11. The molecule has 8 nitrogen and oxygen atoms in total. The highest BCUT2D eigenvalue weighted by Gasteiger charge is 2.14. The lowest BCUT2D eigenvalue weighted by Gasteiger charge is -2.11. The van der Waals surface area contributed by atoms with E-state index in [9.17, 15) is 5.11 Å². The Bertz CT molecular complexity index is 840. The first-order chi connectivity index (χ1) is 11.0. The zero-order chi connectivity index (χ0) is 16.6. The van der Waals surface area contributed by atoms with Crippen LogP contribution in [0.2, 0.25) is 0 Å². The molecule has 6 N–H and O–H groups in total. The lowest BCUT2D eigenvalue weighted by atomic mass is 10.1. The largest absolute Gasteiger partial charge is 0.394 e. The van der Waals surface area contributed by atoms with Gasteiger partial charge in [-0.05, 0) is 31.2 Å². The minimum absolute atomic E-state index is 0.218. The quantitative estimate of drug-likeness (QED) is 0.544. The highest BCUT2D eigenvalue weighted by Crippen LogP contribution is 2.24. The van der Waals surface area contributed by atoms with Crippen molar-refractivity contribution in [3.8, 4) is 11.3 Å². The monoisotopic (exact) mass is 314 g/mol. The summed E-state index contributed by atoms with van der Waals surface area (Å²) in [5, 5.41) is 18.8. The predicted octanol–water partition coefficient (Wildman–Crippen LogP) is 0.319. The molecule has 0 saturated carbocycles. The molecule has 0 spiro atoms. The fraction of sp³-hybridized carbons (Fsp3) is 0.267. The number of hydrogen-bond acceptors (Lipinski definition) is 7. The Morgan fingerprint density at radius 2 is 1.83 bits per heavy atom. The second-order valence-corrected chi connectivity index (χ2v) is 5.35. The van der Waals surface area contributed by atoms with Crippen molar-refractivity contribution >= 4 is 22.8 Å². The first-order valence-electron chi connectivity index (χ1n) is 7.14. The van der Waals surface area contributed by atoms with E-state index in [2.05, 4.69) is 15.0 Å². The van der Waals surface area contributed by atoms with Gasteiger partial charge in [-0.1, -0.05) is 0 Å². The van der Waals surface area contributed by atoms with E-state index in [1.165, 1.54) is 0 Å². The fourth-order valence-electron chi connectivity index (χ4n) is 2.48. The third-order valence-electron chi connectivity index (χ3n) is 3.55. The number of nitrogen functional groups attached to an aromatic ring is 2. The molecule has 0 amide bonds. The van der Waals surface area contributed by atoms with Gasteiger partial charge in [0.25, 0.3) is 0 Å². The van der Waals surface area contributed by atoms with Gasteiger partial charge in [0.2, 0.25) is 0 Å². The number of anilines is 2. The van der Waals surface area contributed by atoms with E-state index in [0.29, 0.717) is 34.3 Å². The molecule has 0 fully saturated rings. The highest BCUT2D eigenvalue weighted by atomic mass is 16.3. The molecule has 0 saturated heterocycles. The maximum Gasteiger partial charge on any atom is 0.160 e. The Morgan fingerprint density at radius 3 is 2.48 bits per heavy atom. The van der Waals surface area contributed by atoms with E-state index in [0.717, 1.165) is 5.56 Å². The molecule has 0 bridgehead atoms. The zero-order valence-electron chi connectivity index (χ0n) is 12.6. The van der Waals surface area contributed by atoms with Gasteiger partial charge in [-0.25, -0.2) is 15.0 Å². The number of aryl methyl sites for hydroxylation is 1. The summed E-state index contributed by atoms with van der Waals surface area (Å²) < 4.78 is 1.77. The van der Waals surface area contributed by atoms with Crippen LogP contribution >= 0.6 is 0 Å². The van der Waals surface area contributed by atoms with Crippen molar-refractivity contribution in [1.29, 1.82) is 0 Å². The molecule has 120 valence electrons. The van der Waals surface area contributed by atoms with Crippen molar-refractivity contribution < 1.29 is 10.2 Å². The third-order valence-corrected chi connectivity index (χ3v) is 3.55. The molecule has 1 atom stereocenters. The van der Waals surface area contributed by atoms with Crippen LogP contribution in [-0.2, 0) is 6.54 Å². The van der Waals surface area contributed by atoms with Gasteiger partial charge >= 0.3 is 0 Å². The Hall–Kier alpha value is -2.71. The summed E-state index contributed by atoms with van der Waals surface area (Å²) in [6.07, 6.45) is -0.872. The van der Waals surface area contributed by atoms with E-state index in [-0.39, 0.29) is 13.2 Å². The number of hydrogen-bond donors (Lipinski definition) is 4. The standard InChI is InChI=1S/C15H18N6O2/c1-8-18-12-3-2-11(9-4-13(16)20-14(17)5-9)19-15(12)21(8)6-10(23)7-22/h2-5,10,22-23H,6-7H2,1H3,(H4,16,17,20). The number of aliphatic hydroxyl groups excluding tert-OH is 2. The molecule has 0 radical (unpaired) electrons. The normalized spacial score (nSPS) is 12.7. The summed E-state index contributed by atoms with van der Waals surface area (Å²) in [5.74, 6) is 1.36. The molecular formula is C15H18N6O2. The molecule has 8 heteroatoms. The number of rotatable bonds is 4. The van der Waals surface area contributed by atoms with E-state index >= 15 is 0 Å². The van der Waals surface area contributed by atoms with Crippen LogP contribution in [0.15, 0.2) is 24.3 Å². The van der Waals surface area contributed by atoms with Crippen LogP contribution in [0, 0.1) is 6.92 Å². The highest BCUT2D eigenvalue weighted by molar-refractivity contribution is 5.77. The van der Waals surface area contributed by atoms with E-state index in [1.54, 1.807) is 16.7 Å². The summed E-state index contributed by atoms with van der Waals surface area (Å²) in [6, 6.07) is 7.07. The van der Waals surface area contributed by atoms with Crippen molar-refractivity contribution in [1.82, 2.24) is 19.5 Å². The second kappa shape index (κ2) is 5.82. The van der Waals surface area contributed by atoms with Gasteiger partial charge in [0.1, 0.15) is 23.0 Å². The molecule has 0 aromatic carbocycles. The lowest BCUT2D eigenvalue weighted by Crippen LogP contribution is -2.20. The van der Waals surface area contributed by atoms with Crippen LogP contribution in [0.5, 0.6) is 0 Å². The van der Waals surface area contributed by atoms with Gasteiger partial charge in [-0.2, -0.15) is 0 Å². The number of fused-ring (bicyclic) bond motifs is 1. The van der Waals surface area contributed by atoms with Crippen molar-refractivity contribution in [2.75, 3.05) is 18.1 Å². The number of nitrogens with zero attached hydrogens (tertiary/aromatic N) is 4. The summed E-state index contributed by atoms with van der Waals surface area (Å²) >= 11 is 0. The minimum atomic E-state index is -0.872. The van der Waals surface area contributed by atoms with Gasteiger partial charge in [0.15, 0.2) is 5.65 Å². The van der Waals surface area contributed by atoms with Crippen LogP contribution in [-0.4, -0.2) is 42.4 Å². The first kappa shape index (κ1) is 15.2. The van der Waals surface area contributed by atoms with Crippen LogP contribution < -0.4 is 11.5 Å². The third kappa shape index (κ3) is 2.94. The molecule has 23 heavy (non-hydrogen) atoms. The molecule has 1 unspecified atom stereocenters. The molecule has 3 aromatic rings. The van der Waals surface area contributed by atoms with Crippen LogP contribution in [0.4, 0.5) is 11.6 Å². The molecule has 0 aliphatic heterocycles. The fourth-order valence-corrected chi connectivity index (χ4v) is 2.48. The maximum atomic E-state index is 9.71. The summed E-state index contributed by atoms with van der Waals surface area (Å²) in [7, 11) is 0. The van der Waals surface area contributed by atoms with Gasteiger partial charge in [-0.3, -0.25) is 0 Å². The van der Waals surface area contributed by atoms with Crippen LogP contribution in [0.1, 0.15) is 5.82 Å². The van der Waals surface area contributed by atoms with Gasteiger partial charge < -0.3 is 26.2 Å². The van der Waals surface area contributed by atoms with E-state index in [4.69, 9.17) is 16.6 Å². The average molecular weight is 314 g/mol. The number of nitrogens with two attached hydrogens (primary N) is 2. The number of imidazole rings is 1. The van der Waals surface area contributed by atoms with Crippen molar-refractivity contribution in [2.24, 2.45) is 0 Å². The molecule has 3 heterocycles. The minimum Gasteiger partial charge on any atom is -0.394 e. The van der Waals surface area contributed by atoms with Crippen molar-refractivity contribution in [3.05, 3.63) is 30.1 Å². The summed E-state index contributed by atoms with van der Waals surface area (Å²) in [6.45, 7) is 1.72. The van der Waals surface area contributed by atoms with Crippen molar-refractivity contribution in [3.63, 3.8) is 0 Å². The van der Waals surface area contributed by atoms with Gasteiger partial charge in [-0.15, -0.1) is 0 Å². The molecular weight excluding hydrogens is 296 g/mol. The Labute approximate surface area is 132 Å². The van der Waals surface area contributed by atoms with Gasteiger partial charge in [0, 0.05) is 5.56 Å². The Kier molecular flexibility index (Phi) is 3.85. The lowest BCUT2D eigenvalue weighted by molar-refractivity contribution is 0.0815. The maximum absolute atomic E-state index is 9.71. The van der Waals surface area contributed by atoms with Crippen LogP contribution in [0.25, 0.3) is 22.4 Å². The molecule has 0 aliphatic rings. The summed E-state index contributed by atoms with van der Waals surface area (Å²) in [4.78, 5) is 13.0. The SMILES string of the molecule is Cc1nc2ccc(-c3cc(N)nc(N)c3)nc2n1CC(O)CO. The van der Waals surface area contributed by atoms with Crippen molar-refractivity contribution in [2.45, 2.75) is 19.6 Å². The topological polar surface area (TPSA) is 136 Å².